The van der Waals surface area contributed by atoms with E-state index in [-0.39, 0.29) is 22.9 Å². The van der Waals surface area contributed by atoms with Gasteiger partial charge in [-0.05, 0) is 17.5 Å². The van der Waals surface area contributed by atoms with Crippen LogP contribution >= 0.6 is 11.6 Å². The molecular formula is C14H14ClFN2O. The predicted molar refractivity (Wildman–Crippen MR) is 73.2 cm³/mol. The number of halogens is 2. The summed E-state index contributed by atoms with van der Waals surface area (Å²) in [4.78, 5) is 18.5. The zero-order valence-corrected chi connectivity index (χ0v) is 11.5. The first-order valence-corrected chi connectivity index (χ1v) is 6.38. The van der Waals surface area contributed by atoms with Crippen molar-refractivity contribution in [2.45, 2.75) is 26.2 Å². The van der Waals surface area contributed by atoms with Crippen LogP contribution in [0, 0.1) is 5.82 Å². The molecule has 3 nitrogen and oxygen atoms in total. The first-order valence-electron chi connectivity index (χ1n) is 6.00. The van der Waals surface area contributed by atoms with E-state index in [9.17, 15) is 9.18 Å². The Hall–Kier alpha value is -1.68. The molecule has 0 fully saturated rings. The highest BCUT2D eigenvalue weighted by Gasteiger charge is 2.10. The third-order valence-electron chi connectivity index (χ3n) is 2.79. The molecule has 1 heterocycles. The Labute approximate surface area is 115 Å². The zero-order chi connectivity index (χ0) is 14.0. The van der Waals surface area contributed by atoms with Crippen LogP contribution in [0.1, 0.15) is 36.8 Å². The molecule has 0 aliphatic carbocycles. The summed E-state index contributed by atoms with van der Waals surface area (Å²) in [6, 6.07) is 6.25. The van der Waals surface area contributed by atoms with Gasteiger partial charge in [0.1, 0.15) is 11.6 Å². The highest BCUT2D eigenvalue weighted by Crippen LogP contribution is 2.19. The Morgan fingerprint density at radius 1 is 1.42 bits per heavy atom. The third kappa shape index (κ3) is 3.20. The van der Waals surface area contributed by atoms with E-state index in [4.69, 9.17) is 11.6 Å². The van der Waals surface area contributed by atoms with Gasteiger partial charge in [-0.25, -0.2) is 9.37 Å². The number of hydrogen-bond acceptors (Lipinski definition) is 2. The number of aromatic amines is 1. The van der Waals surface area contributed by atoms with Crippen LogP contribution < -0.4 is 5.56 Å². The summed E-state index contributed by atoms with van der Waals surface area (Å²) in [5.74, 6) is 0.115. The lowest BCUT2D eigenvalue weighted by molar-refractivity contribution is 0.612. The fraction of sp³-hybridized carbons (Fsp3) is 0.286. The van der Waals surface area contributed by atoms with Crippen LogP contribution in [0.5, 0.6) is 0 Å². The van der Waals surface area contributed by atoms with Crippen molar-refractivity contribution in [1.82, 2.24) is 9.97 Å². The summed E-state index contributed by atoms with van der Waals surface area (Å²) in [5.41, 5.74) is 0.883. The van der Waals surface area contributed by atoms with Gasteiger partial charge in [-0.3, -0.25) is 4.79 Å². The summed E-state index contributed by atoms with van der Waals surface area (Å²) >= 11 is 5.73. The largest absolute Gasteiger partial charge is 0.310 e. The zero-order valence-electron chi connectivity index (χ0n) is 10.7. The second-order valence-corrected chi connectivity index (χ2v) is 5.07. The maximum atomic E-state index is 13.8. The molecule has 0 bridgehead atoms. The number of aromatic nitrogens is 2. The lowest BCUT2D eigenvalue weighted by atomic mass is 10.1. The molecule has 5 heteroatoms. The average molecular weight is 281 g/mol. The Balaban J connectivity index is 2.38. The van der Waals surface area contributed by atoms with Gasteiger partial charge >= 0.3 is 0 Å². The lowest BCUT2D eigenvalue weighted by Crippen LogP contribution is -2.14. The van der Waals surface area contributed by atoms with Crippen LogP contribution in [-0.4, -0.2) is 9.97 Å². The Morgan fingerprint density at radius 3 is 2.84 bits per heavy atom. The molecule has 0 saturated carbocycles. The van der Waals surface area contributed by atoms with E-state index in [0.717, 1.165) is 0 Å². The number of nitrogens with one attached hydrogen (secondary N) is 1. The van der Waals surface area contributed by atoms with Gasteiger partial charge in [0.25, 0.3) is 5.56 Å². The van der Waals surface area contributed by atoms with Crippen molar-refractivity contribution in [3.05, 3.63) is 62.5 Å². The summed E-state index contributed by atoms with van der Waals surface area (Å²) in [7, 11) is 0. The lowest BCUT2D eigenvalue weighted by Gasteiger charge is -2.08. The van der Waals surface area contributed by atoms with Gasteiger partial charge in [-0.15, -0.1) is 0 Å². The van der Waals surface area contributed by atoms with E-state index < -0.39 is 5.82 Å². The Bertz CT molecular complexity index is 652. The van der Waals surface area contributed by atoms with Gasteiger partial charge in [-0.2, -0.15) is 0 Å². The topological polar surface area (TPSA) is 45.8 Å². The number of H-pyrrole nitrogens is 1. The fourth-order valence-corrected chi connectivity index (χ4v) is 1.97. The molecule has 0 radical (unpaired) electrons. The summed E-state index contributed by atoms with van der Waals surface area (Å²) in [5, 5.41) is 0.0693. The fourth-order valence-electron chi connectivity index (χ4n) is 1.77. The molecule has 1 aromatic heterocycles. The SMILES string of the molecule is CC(C)c1cc(=O)[nH]c(Cc2cccc(Cl)c2F)n1. The molecule has 0 spiro atoms. The molecular weight excluding hydrogens is 267 g/mol. The van der Waals surface area contributed by atoms with Crippen LogP contribution in [0.4, 0.5) is 4.39 Å². The monoisotopic (exact) mass is 280 g/mol. The number of benzene rings is 1. The van der Waals surface area contributed by atoms with Gasteiger partial charge in [0.2, 0.25) is 0 Å². The van der Waals surface area contributed by atoms with Crippen molar-refractivity contribution in [2.75, 3.05) is 0 Å². The molecule has 0 amide bonds. The quantitative estimate of drug-likeness (QED) is 0.938. The van der Waals surface area contributed by atoms with Crippen LogP contribution in [-0.2, 0) is 6.42 Å². The molecule has 100 valence electrons. The minimum absolute atomic E-state index is 0.0693. The molecule has 0 aliphatic rings. The Morgan fingerprint density at radius 2 is 2.16 bits per heavy atom. The minimum Gasteiger partial charge on any atom is -0.310 e. The number of nitrogens with zero attached hydrogens (tertiary/aromatic N) is 1. The van der Waals surface area contributed by atoms with Crippen molar-refractivity contribution in [1.29, 1.82) is 0 Å². The normalized spacial score (nSPS) is 11.0. The first kappa shape index (κ1) is 13.7. The number of hydrogen-bond donors (Lipinski definition) is 1. The first-order chi connectivity index (χ1) is 8.97. The van der Waals surface area contributed by atoms with E-state index in [1.807, 2.05) is 13.8 Å². The van der Waals surface area contributed by atoms with E-state index in [0.29, 0.717) is 17.1 Å². The van der Waals surface area contributed by atoms with Gasteiger partial charge < -0.3 is 4.98 Å². The molecule has 1 aromatic carbocycles. The van der Waals surface area contributed by atoms with Crippen molar-refractivity contribution in [2.24, 2.45) is 0 Å². The standard InChI is InChI=1S/C14H14ClFN2O/c1-8(2)11-7-13(19)18-12(17-11)6-9-4-3-5-10(15)14(9)16/h3-5,7-8H,6H2,1-2H3,(H,17,18,19). The van der Waals surface area contributed by atoms with Gasteiger partial charge in [0.05, 0.1) is 10.7 Å². The van der Waals surface area contributed by atoms with Crippen molar-refractivity contribution < 1.29 is 4.39 Å². The van der Waals surface area contributed by atoms with Crippen LogP contribution in [0.25, 0.3) is 0 Å². The molecule has 0 saturated heterocycles. The second-order valence-electron chi connectivity index (χ2n) is 4.66. The summed E-state index contributed by atoms with van der Waals surface area (Å²) in [6.45, 7) is 3.90. The van der Waals surface area contributed by atoms with Crippen molar-refractivity contribution in [3.8, 4) is 0 Å². The van der Waals surface area contributed by atoms with Crippen LogP contribution in [0.15, 0.2) is 29.1 Å². The van der Waals surface area contributed by atoms with E-state index >= 15 is 0 Å². The molecule has 1 N–H and O–H groups in total. The number of rotatable bonds is 3. The summed E-state index contributed by atoms with van der Waals surface area (Å²) in [6.07, 6.45) is 0.211. The molecule has 2 rings (SSSR count). The molecule has 19 heavy (non-hydrogen) atoms. The van der Waals surface area contributed by atoms with Gasteiger partial charge in [0, 0.05) is 12.5 Å². The summed E-state index contributed by atoms with van der Waals surface area (Å²) < 4.78 is 13.8. The molecule has 2 aromatic rings. The highest BCUT2D eigenvalue weighted by molar-refractivity contribution is 6.30. The molecule has 0 unspecified atom stereocenters. The maximum Gasteiger partial charge on any atom is 0.251 e. The second kappa shape index (κ2) is 5.53. The van der Waals surface area contributed by atoms with Crippen molar-refractivity contribution >= 4 is 11.6 Å². The average Bonchev–Trinajstić information content (AvgIpc) is 2.34. The predicted octanol–water partition coefficient (Wildman–Crippen LogP) is 3.28. The van der Waals surface area contributed by atoms with Crippen LogP contribution in [0.2, 0.25) is 5.02 Å². The van der Waals surface area contributed by atoms with E-state index in [1.54, 1.807) is 12.1 Å². The van der Waals surface area contributed by atoms with Gasteiger partial charge in [0.15, 0.2) is 0 Å². The van der Waals surface area contributed by atoms with E-state index in [1.165, 1.54) is 12.1 Å². The van der Waals surface area contributed by atoms with E-state index in [2.05, 4.69) is 9.97 Å². The smallest absolute Gasteiger partial charge is 0.251 e. The van der Waals surface area contributed by atoms with Crippen molar-refractivity contribution in [3.63, 3.8) is 0 Å². The maximum absolute atomic E-state index is 13.8. The highest BCUT2D eigenvalue weighted by atomic mass is 35.5. The third-order valence-corrected chi connectivity index (χ3v) is 3.08. The Kier molecular flexibility index (Phi) is 4.00. The van der Waals surface area contributed by atoms with Gasteiger partial charge in [-0.1, -0.05) is 37.6 Å². The molecule has 0 aliphatic heterocycles. The molecule has 0 atom stereocenters. The van der Waals surface area contributed by atoms with Crippen LogP contribution in [0.3, 0.4) is 0 Å². The minimum atomic E-state index is -0.471.